The molecule has 6 nitrogen and oxygen atoms in total. The summed E-state index contributed by atoms with van der Waals surface area (Å²) in [5.41, 5.74) is 1.56. The number of aliphatic hydroxyl groups excluding tert-OH is 1. The van der Waals surface area contributed by atoms with Crippen LogP contribution in [-0.4, -0.2) is 31.5 Å². The van der Waals surface area contributed by atoms with Crippen LogP contribution in [0.5, 0.6) is 11.5 Å². The van der Waals surface area contributed by atoms with Gasteiger partial charge in [-0.3, -0.25) is 0 Å². The predicted octanol–water partition coefficient (Wildman–Crippen LogP) is 3.71. The highest BCUT2D eigenvalue weighted by Crippen LogP contribution is 2.30. The summed E-state index contributed by atoms with van der Waals surface area (Å²) < 4.78 is 11.5. The highest BCUT2D eigenvalue weighted by atomic mass is 79.9. The molecule has 0 saturated heterocycles. The number of halogens is 1. The van der Waals surface area contributed by atoms with Crippen LogP contribution >= 0.6 is 15.9 Å². The Morgan fingerprint density at radius 3 is 2.68 bits per heavy atom. The summed E-state index contributed by atoms with van der Waals surface area (Å²) >= 11 is 3.39. The summed E-state index contributed by atoms with van der Waals surface area (Å²) in [6, 6.07) is 12.3. The lowest BCUT2D eigenvalue weighted by molar-refractivity contribution is 0.196. The van der Waals surface area contributed by atoms with Crippen molar-refractivity contribution >= 4 is 27.6 Å². The number of amides is 2. The maximum absolute atomic E-state index is 12.2. The van der Waals surface area contributed by atoms with Gasteiger partial charge in [-0.15, -0.1) is 0 Å². The number of benzene rings is 2. The van der Waals surface area contributed by atoms with Gasteiger partial charge in [0.15, 0.2) is 11.5 Å². The predicted molar refractivity (Wildman–Crippen MR) is 100 cm³/mol. The van der Waals surface area contributed by atoms with E-state index in [-0.39, 0.29) is 25.3 Å². The van der Waals surface area contributed by atoms with Crippen LogP contribution in [-0.2, 0) is 0 Å². The standard InChI is InChI=1S/C18H21BrN2O4/c1-12(20-18(23)21-15-6-4-3-5-14(15)19)13-7-8-16(25-10-9-22)17(11-13)24-2/h3-8,11-12,22H,9-10H2,1-2H3,(H2,20,21,23)/t12-/m1/s1. The molecule has 0 spiro atoms. The Hall–Kier alpha value is -2.25. The second kappa shape index (κ2) is 9.29. The Morgan fingerprint density at radius 2 is 2.00 bits per heavy atom. The summed E-state index contributed by atoms with van der Waals surface area (Å²) in [5.74, 6) is 1.09. The normalized spacial score (nSPS) is 11.5. The van der Waals surface area contributed by atoms with Crippen LogP contribution in [0.25, 0.3) is 0 Å². The minimum atomic E-state index is -0.307. The van der Waals surface area contributed by atoms with E-state index in [1.165, 1.54) is 0 Å². The molecular formula is C18H21BrN2O4. The number of urea groups is 1. The summed E-state index contributed by atoms with van der Waals surface area (Å²) in [7, 11) is 1.54. The van der Waals surface area contributed by atoms with Gasteiger partial charge in [0.05, 0.1) is 25.4 Å². The van der Waals surface area contributed by atoms with Crippen LogP contribution in [0.3, 0.4) is 0 Å². The molecule has 134 valence electrons. The van der Waals surface area contributed by atoms with Gasteiger partial charge in [-0.05, 0) is 52.7 Å². The van der Waals surface area contributed by atoms with Crippen molar-refractivity contribution in [3.63, 3.8) is 0 Å². The van der Waals surface area contributed by atoms with Gasteiger partial charge in [-0.25, -0.2) is 4.79 Å². The van der Waals surface area contributed by atoms with Crippen LogP contribution < -0.4 is 20.1 Å². The van der Waals surface area contributed by atoms with Crippen LogP contribution in [0.4, 0.5) is 10.5 Å². The molecule has 0 aliphatic heterocycles. The highest BCUT2D eigenvalue weighted by Gasteiger charge is 2.13. The zero-order valence-electron chi connectivity index (χ0n) is 14.1. The van der Waals surface area contributed by atoms with E-state index >= 15 is 0 Å². The van der Waals surface area contributed by atoms with Gasteiger partial charge in [0, 0.05) is 4.47 Å². The van der Waals surface area contributed by atoms with Gasteiger partial charge in [0.2, 0.25) is 0 Å². The Kier molecular flexibility index (Phi) is 7.09. The fourth-order valence-electron chi connectivity index (χ4n) is 2.23. The quantitative estimate of drug-likeness (QED) is 0.652. The number of ether oxygens (including phenoxy) is 2. The first kappa shape index (κ1) is 19.1. The first-order valence-electron chi connectivity index (χ1n) is 7.78. The largest absolute Gasteiger partial charge is 0.493 e. The number of nitrogens with one attached hydrogen (secondary N) is 2. The molecule has 2 aromatic rings. The Balaban J connectivity index is 2.03. The second-order valence-corrected chi connectivity index (χ2v) is 6.14. The fourth-order valence-corrected chi connectivity index (χ4v) is 2.61. The van der Waals surface area contributed by atoms with Crippen molar-refractivity contribution in [1.29, 1.82) is 0 Å². The van der Waals surface area contributed by atoms with Crippen molar-refractivity contribution in [3.05, 3.63) is 52.5 Å². The Bertz CT molecular complexity index is 724. The van der Waals surface area contributed by atoms with Crippen molar-refractivity contribution in [1.82, 2.24) is 5.32 Å². The van der Waals surface area contributed by atoms with E-state index in [0.717, 1.165) is 10.0 Å². The maximum atomic E-state index is 12.2. The van der Waals surface area contributed by atoms with Crippen LogP contribution in [0.2, 0.25) is 0 Å². The molecular weight excluding hydrogens is 388 g/mol. The van der Waals surface area contributed by atoms with E-state index in [4.69, 9.17) is 14.6 Å². The van der Waals surface area contributed by atoms with Crippen molar-refractivity contribution in [2.24, 2.45) is 0 Å². The fraction of sp³-hybridized carbons (Fsp3) is 0.278. The van der Waals surface area contributed by atoms with E-state index in [0.29, 0.717) is 17.2 Å². The maximum Gasteiger partial charge on any atom is 0.319 e. The molecule has 25 heavy (non-hydrogen) atoms. The number of para-hydroxylation sites is 1. The highest BCUT2D eigenvalue weighted by molar-refractivity contribution is 9.10. The number of aliphatic hydroxyl groups is 1. The van der Waals surface area contributed by atoms with Crippen LogP contribution in [0, 0.1) is 0 Å². The smallest absolute Gasteiger partial charge is 0.319 e. The number of hydrogen-bond donors (Lipinski definition) is 3. The third kappa shape index (κ3) is 5.37. The van der Waals surface area contributed by atoms with Crippen molar-refractivity contribution < 1.29 is 19.4 Å². The molecule has 0 aliphatic carbocycles. The molecule has 0 saturated carbocycles. The molecule has 3 N–H and O–H groups in total. The molecule has 1 atom stereocenters. The monoisotopic (exact) mass is 408 g/mol. The van der Waals surface area contributed by atoms with E-state index in [9.17, 15) is 4.79 Å². The lowest BCUT2D eigenvalue weighted by atomic mass is 10.1. The van der Waals surface area contributed by atoms with Crippen LogP contribution in [0.15, 0.2) is 46.9 Å². The lowest BCUT2D eigenvalue weighted by Crippen LogP contribution is -2.31. The summed E-state index contributed by atoms with van der Waals surface area (Å²) in [6.45, 7) is 2.00. The molecule has 2 rings (SSSR count). The molecule has 0 fully saturated rings. The zero-order chi connectivity index (χ0) is 18.2. The molecule has 2 aromatic carbocycles. The molecule has 0 unspecified atom stereocenters. The summed E-state index contributed by atoms with van der Waals surface area (Å²) in [6.07, 6.45) is 0. The number of hydrogen-bond acceptors (Lipinski definition) is 4. The minimum absolute atomic E-state index is 0.0713. The topological polar surface area (TPSA) is 79.8 Å². The van der Waals surface area contributed by atoms with Crippen molar-refractivity contribution in [2.45, 2.75) is 13.0 Å². The third-order valence-electron chi connectivity index (χ3n) is 3.51. The van der Waals surface area contributed by atoms with Gasteiger partial charge < -0.3 is 25.2 Å². The van der Waals surface area contributed by atoms with E-state index < -0.39 is 0 Å². The number of methoxy groups -OCH3 is 1. The van der Waals surface area contributed by atoms with E-state index in [2.05, 4.69) is 26.6 Å². The molecule has 0 aliphatic rings. The minimum Gasteiger partial charge on any atom is -0.493 e. The molecule has 0 radical (unpaired) electrons. The zero-order valence-corrected chi connectivity index (χ0v) is 15.7. The van der Waals surface area contributed by atoms with Gasteiger partial charge in [0.25, 0.3) is 0 Å². The SMILES string of the molecule is COc1cc([C@@H](C)NC(=O)Nc2ccccc2Br)ccc1OCCO. The molecule has 2 amide bonds. The molecule has 7 heteroatoms. The average Bonchev–Trinajstić information content (AvgIpc) is 2.61. The first-order chi connectivity index (χ1) is 12.0. The molecule has 0 aromatic heterocycles. The summed E-state index contributed by atoms with van der Waals surface area (Å²) in [5, 5.41) is 14.5. The molecule has 0 bridgehead atoms. The Morgan fingerprint density at radius 1 is 1.24 bits per heavy atom. The number of anilines is 1. The van der Waals surface area contributed by atoms with Gasteiger partial charge in [-0.2, -0.15) is 0 Å². The number of carbonyl (C=O) groups is 1. The van der Waals surface area contributed by atoms with E-state index in [1.54, 1.807) is 19.2 Å². The summed E-state index contributed by atoms with van der Waals surface area (Å²) in [4.78, 5) is 12.2. The molecule has 0 heterocycles. The first-order valence-corrected chi connectivity index (χ1v) is 8.58. The Labute approximate surface area is 155 Å². The lowest BCUT2D eigenvalue weighted by Gasteiger charge is -2.18. The van der Waals surface area contributed by atoms with Crippen molar-refractivity contribution in [2.75, 3.05) is 25.6 Å². The number of rotatable bonds is 7. The van der Waals surface area contributed by atoms with Crippen molar-refractivity contribution in [3.8, 4) is 11.5 Å². The van der Waals surface area contributed by atoms with E-state index in [1.807, 2.05) is 37.3 Å². The van der Waals surface area contributed by atoms with Gasteiger partial charge in [-0.1, -0.05) is 18.2 Å². The number of carbonyl (C=O) groups excluding carboxylic acids is 1. The second-order valence-electron chi connectivity index (χ2n) is 5.28. The van der Waals surface area contributed by atoms with Gasteiger partial charge >= 0.3 is 6.03 Å². The third-order valence-corrected chi connectivity index (χ3v) is 4.20. The van der Waals surface area contributed by atoms with Gasteiger partial charge in [0.1, 0.15) is 6.61 Å². The average molecular weight is 409 g/mol. The van der Waals surface area contributed by atoms with Crippen LogP contribution in [0.1, 0.15) is 18.5 Å².